The van der Waals surface area contributed by atoms with Crippen molar-refractivity contribution in [3.8, 4) is 11.8 Å². The Labute approximate surface area is 219 Å². The van der Waals surface area contributed by atoms with Gasteiger partial charge in [-0.15, -0.1) is 11.3 Å². The Morgan fingerprint density at radius 2 is 1.70 bits per heavy atom. The van der Waals surface area contributed by atoms with Crippen molar-refractivity contribution in [2.45, 2.75) is 72.8 Å². The lowest BCUT2D eigenvalue weighted by molar-refractivity contribution is -0.141. The van der Waals surface area contributed by atoms with E-state index in [9.17, 15) is 22.8 Å². The Balaban J connectivity index is 0.000000516. The van der Waals surface area contributed by atoms with Crippen molar-refractivity contribution >= 4 is 28.7 Å². The van der Waals surface area contributed by atoms with Gasteiger partial charge in [0.15, 0.2) is 5.13 Å². The molecule has 0 unspecified atom stereocenters. The molecule has 8 nitrogen and oxygen atoms in total. The van der Waals surface area contributed by atoms with Crippen molar-refractivity contribution in [1.29, 1.82) is 0 Å². The molecule has 0 aliphatic carbocycles. The fourth-order valence-corrected chi connectivity index (χ4v) is 3.15. The molecule has 1 N–H and O–H groups in total. The third-order valence-electron chi connectivity index (χ3n) is 3.80. The van der Waals surface area contributed by atoms with Crippen molar-refractivity contribution in [3.63, 3.8) is 0 Å². The summed E-state index contributed by atoms with van der Waals surface area (Å²) < 4.78 is 46.2. The molecule has 0 spiro atoms. The van der Waals surface area contributed by atoms with E-state index in [1.807, 2.05) is 0 Å². The molecule has 0 fully saturated rings. The van der Waals surface area contributed by atoms with Crippen molar-refractivity contribution in [2.24, 2.45) is 0 Å². The smallest absolute Gasteiger partial charge is 0.433 e. The summed E-state index contributed by atoms with van der Waals surface area (Å²) >= 11 is 1.29. The van der Waals surface area contributed by atoms with Gasteiger partial charge in [-0.2, -0.15) is 13.2 Å². The van der Waals surface area contributed by atoms with Crippen LogP contribution in [0, 0.1) is 18.8 Å². The first-order chi connectivity index (χ1) is 16.9. The number of carbonyl (C=O) groups is 2. The highest BCUT2D eigenvalue weighted by atomic mass is 32.1. The third-order valence-corrected chi connectivity index (χ3v) is 4.66. The number of alkyl halides is 3. The highest BCUT2D eigenvalue weighted by molar-refractivity contribution is 7.14. The molecule has 0 saturated heterocycles. The number of aryl methyl sites for hydroxylation is 1. The Bertz CT molecular complexity index is 1090. The average Bonchev–Trinajstić information content (AvgIpc) is 3.17. The van der Waals surface area contributed by atoms with Crippen LogP contribution in [-0.2, 0) is 15.7 Å². The van der Waals surface area contributed by atoms with Crippen molar-refractivity contribution < 1.29 is 32.2 Å². The summed E-state index contributed by atoms with van der Waals surface area (Å²) in [5.41, 5.74) is -0.767. The Hall–Kier alpha value is -3.33. The van der Waals surface area contributed by atoms with Crippen LogP contribution in [-0.4, -0.2) is 46.4 Å². The normalized spacial score (nSPS) is 11.3. The fraction of sp³-hybridized carbons (Fsp3) is 0.520. The van der Waals surface area contributed by atoms with Crippen LogP contribution in [0.2, 0.25) is 0 Å². The van der Waals surface area contributed by atoms with Gasteiger partial charge >= 0.3 is 18.4 Å². The maximum Gasteiger partial charge on any atom is 0.433 e. The molecule has 0 aromatic carbocycles. The zero-order valence-electron chi connectivity index (χ0n) is 22.2. The van der Waals surface area contributed by atoms with E-state index in [4.69, 9.17) is 9.47 Å². The third kappa shape index (κ3) is 13.0. The standard InChI is InChI=1S/C18H27N3O4S.C7H6F3N/c1-8-9-13-12-26-14(20-13)21(16(23)25-18(5,6)7)11-10-19-15(22)24-17(2,3)4;1-5-2-3-6(11-4-5)7(8,9)10/h12H,10-11H2,1-7H3,(H,19,22);2-4H,1H3. The maximum atomic E-state index is 12.5. The summed E-state index contributed by atoms with van der Waals surface area (Å²) in [4.78, 5) is 33.2. The van der Waals surface area contributed by atoms with Crippen molar-refractivity contribution in [3.05, 3.63) is 40.7 Å². The molecule has 0 aliphatic rings. The second kappa shape index (κ2) is 13.3. The molecule has 0 radical (unpaired) electrons. The van der Waals surface area contributed by atoms with E-state index in [0.717, 1.165) is 11.6 Å². The molecule has 0 atom stereocenters. The first-order valence-corrected chi connectivity index (χ1v) is 12.1. The van der Waals surface area contributed by atoms with Gasteiger partial charge < -0.3 is 14.8 Å². The summed E-state index contributed by atoms with van der Waals surface area (Å²) in [6.45, 7) is 14.5. The van der Waals surface area contributed by atoms with Crippen molar-refractivity contribution in [1.82, 2.24) is 15.3 Å². The van der Waals surface area contributed by atoms with Crippen LogP contribution in [0.4, 0.5) is 27.9 Å². The number of nitrogens with one attached hydrogen (secondary N) is 1. The molecule has 2 aromatic rings. The summed E-state index contributed by atoms with van der Waals surface area (Å²) in [6.07, 6.45) is -4.21. The van der Waals surface area contributed by atoms with Gasteiger partial charge in [0.2, 0.25) is 0 Å². The van der Waals surface area contributed by atoms with E-state index in [1.54, 1.807) is 60.8 Å². The summed E-state index contributed by atoms with van der Waals surface area (Å²) in [6, 6.07) is 2.35. The summed E-state index contributed by atoms with van der Waals surface area (Å²) in [5.74, 6) is 5.62. The predicted octanol–water partition coefficient (Wildman–Crippen LogP) is 6.19. The highest BCUT2D eigenvalue weighted by Gasteiger charge is 2.31. The van der Waals surface area contributed by atoms with Crippen LogP contribution < -0.4 is 10.2 Å². The second-order valence-corrected chi connectivity index (χ2v) is 10.5. The van der Waals surface area contributed by atoms with Crippen LogP contribution >= 0.6 is 11.3 Å². The second-order valence-electron chi connectivity index (χ2n) is 9.67. The minimum atomic E-state index is -4.33. The zero-order valence-corrected chi connectivity index (χ0v) is 23.1. The number of nitrogens with zero attached hydrogens (tertiary/aromatic N) is 3. The van der Waals surface area contributed by atoms with Gasteiger partial charge in [0.1, 0.15) is 22.6 Å². The molecule has 0 bridgehead atoms. The highest BCUT2D eigenvalue weighted by Crippen LogP contribution is 2.27. The molecule has 2 rings (SSSR count). The molecule has 12 heteroatoms. The first kappa shape index (κ1) is 31.7. The monoisotopic (exact) mass is 542 g/mol. The molecular formula is C25H33F3N4O4S. The SMILES string of the molecule is CC#Cc1csc(N(CCNC(=O)OC(C)(C)C)C(=O)OC(C)(C)C)n1.Cc1ccc(C(F)(F)F)nc1. The van der Waals surface area contributed by atoms with Crippen LogP contribution in [0.1, 0.15) is 65.4 Å². The predicted molar refractivity (Wildman–Crippen MR) is 136 cm³/mol. The maximum absolute atomic E-state index is 12.5. The molecule has 0 saturated carbocycles. The first-order valence-electron chi connectivity index (χ1n) is 11.3. The number of amides is 2. The van der Waals surface area contributed by atoms with Crippen LogP contribution in [0.25, 0.3) is 0 Å². The number of hydrogen-bond donors (Lipinski definition) is 1. The number of rotatable bonds is 4. The molecule has 2 heterocycles. The zero-order chi connectivity index (χ0) is 28.4. The molecule has 2 aromatic heterocycles. The number of carbonyl (C=O) groups excluding carboxylic acids is 2. The number of ether oxygens (including phenoxy) is 2. The number of anilines is 1. The van der Waals surface area contributed by atoms with Crippen molar-refractivity contribution in [2.75, 3.05) is 18.0 Å². The Morgan fingerprint density at radius 3 is 2.19 bits per heavy atom. The number of halogens is 3. The largest absolute Gasteiger partial charge is 0.444 e. The number of thiazole rings is 1. The quantitative estimate of drug-likeness (QED) is 0.463. The number of hydrogen-bond acceptors (Lipinski definition) is 7. The number of pyridine rings is 1. The van der Waals surface area contributed by atoms with E-state index >= 15 is 0 Å². The van der Waals surface area contributed by atoms with Gasteiger partial charge in [-0.1, -0.05) is 12.0 Å². The molecule has 37 heavy (non-hydrogen) atoms. The minimum absolute atomic E-state index is 0.195. The van der Waals surface area contributed by atoms with Gasteiger partial charge in [0.05, 0.1) is 0 Å². The topological polar surface area (TPSA) is 93.7 Å². The number of aromatic nitrogens is 2. The van der Waals surface area contributed by atoms with Gasteiger partial charge in [0, 0.05) is 24.7 Å². The number of alkyl carbamates (subject to hydrolysis) is 1. The van der Waals surface area contributed by atoms with Crippen LogP contribution in [0.3, 0.4) is 0 Å². The van der Waals surface area contributed by atoms with E-state index in [-0.39, 0.29) is 13.1 Å². The average molecular weight is 543 g/mol. The van der Waals surface area contributed by atoms with Gasteiger partial charge in [-0.3, -0.25) is 9.88 Å². The van der Waals surface area contributed by atoms with Gasteiger partial charge in [-0.25, -0.2) is 14.6 Å². The summed E-state index contributed by atoms with van der Waals surface area (Å²) in [7, 11) is 0. The molecule has 0 aliphatic heterocycles. The lowest BCUT2D eigenvalue weighted by Crippen LogP contribution is -2.42. The lowest BCUT2D eigenvalue weighted by Gasteiger charge is -2.26. The van der Waals surface area contributed by atoms with Gasteiger partial charge in [0.25, 0.3) is 0 Å². The Kier molecular flexibility index (Phi) is 11.4. The van der Waals surface area contributed by atoms with Gasteiger partial charge in [-0.05, 0) is 72.9 Å². The molecular weight excluding hydrogens is 509 g/mol. The fourth-order valence-electron chi connectivity index (χ4n) is 2.38. The lowest BCUT2D eigenvalue weighted by atomic mass is 10.2. The molecule has 2 amide bonds. The van der Waals surface area contributed by atoms with E-state index in [1.165, 1.54) is 28.5 Å². The van der Waals surface area contributed by atoms with Crippen LogP contribution in [0.15, 0.2) is 23.7 Å². The van der Waals surface area contributed by atoms with E-state index in [2.05, 4.69) is 27.1 Å². The van der Waals surface area contributed by atoms with Crippen LogP contribution in [0.5, 0.6) is 0 Å². The van der Waals surface area contributed by atoms with E-state index < -0.39 is 35.3 Å². The minimum Gasteiger partial charge on any atom is -0.444 e. The molecule has 204 valence electrons. The Morgan fingerprint density at radius 1 is 1.08 bits per heavy atom. The summed E-state index contributed by atoms with van der Waals surface area (Å²) in [5, 5.41) is 4.86. The van der Waals surface area contributed by atoms with E-state index in [0.29, 0.717) is 10.8 Å².